The molecule has 0 saturated heterocycles. The third-order valence-corrected chi connectivity index (χ3v) is 3.95. The Labute approximate surface area is 117 Å². The first-order valence-electron chi connectivity index (χ1n) is 5.95. The van der Waals surface area contributed by atoms with Gasteiger partial charge in [0.05, 0.1) is 16.1 Å². The number of nitrogens with zero attached hydrogens (tertiary/aromatic N) is 2. The first-order chi connectivity index (χ1) is 8.62. The molecule has 1 atom stereocenters. The van der Waals surface area contributed by atoms with Crippen molar-refractivity contribution >= 4 is 23.7 Å². The van der Waals surface area contributed by atoms with E-state index in [0.29, 0.717) is 0 Å². The SMILES string of the molecule is Cc1ncsc1C(C)(C=O)N(C)C(=O)OC(C)(C)C. The lowest BCUT2D eigenvalue weighted by atomic mass is 9.99. The largest absolute Gasteiger partial charge is 0.444 e. The molecule has 0 aliphatic rings. The van der Waals surface area contributed by atoms with Crippen LogP contribution in [0.1, 0.15) is 38.3 Å². The van der Waals surface area contributed by atoms with Gasteiger partial charge in [0, 0.05) is 7.05 Å². The number of amides is 1. The summed E-state index contributed by atoms with van der Waals surface area (Å²) in [6.45, 7) is 8.86. The molecule has 1 rings (SSSR count). The summed E-state index contributed by atoms with van der Waals surface area (Å²) in [5.74, 6) is 0. The molecule has 6 heteroatoms. The van der Waals surface area contributed by atoms with E-state index < -0.39 is 17.2 Å². The molecular weight excluding hydrogens is 264 g/mol. The van der Waals surface area contributed by atoms with E-state index in [1.165, 1.54) is 16.2 Å². The molecule has 0 fully saturated rings. The zero-order valence-corrected chi connectivity index (χ0v) is 13.0. The average molecular weight is 284 g/mol. The molecule has 0 aromatic carbocycles. The van der Waals surface area contributed by atoms with Crippen molar-refractivity contribution in [3.05, 3.63) is 16.1 Å². The maximum atomic E-state index is 12.1. The van der Waals surface area contributed by atoms with Crippen LogP contribution in [0, 0.1) is 6.92 Å². The molecule has 106 valence electrons. The Balaban J connectivity index is 3.06. The van der Waals surface area contributed by atoms with Crippen LogP contribution in [0.3, 0.4) is 0 Å². The molecule has 0 bridgehead atoms. The van der Waals surface area contributed by atoms with Crippen LogP contribution in [0.2, 0.25) is 0 Å². The van der Waals surface area contributed by atoms with Crippen LogP contribution >= 0.6 is 11.3 Å². The Kier molecular flexibility index (Phi) is 4.35. The van der Waals surface area contributed by atoms with Crippen molar-refractivity contribution in [1.29, 1.82) is 0 Å². The Morgan fingerprint density at radius 2 is 2.00 bits per heavy atom. The predicted octanol–water partition coefficient (Wildman–Crippen LogP) is 2.73. The first kappa shape index (κ1) is 15.6. The third-order valence-electron chi connectivity index (χ3n) is 2.80. The zero-order chi connectivity index (χ0) is 14.8. The Morgan fingerprint density at radius 3 is 2.37 bits per heavy atom. The second-order valence-corrected chi connectivity index (χ2v) is 6.43. The monoisotopic (exact) mass is 284 g/mol. The van der Waals surface area contributed by atoms with Crippen LogP contribution in [0.5, 0.6) is 0 Å². The number of hydrogen-bond acceptors (Lipinski definition) is 5. The number of aryl methyl sites for hydroxylation is 1. The second kappa shape index (κ2) is 5.28. The molecule has 1 unspecified atom stereocenters. The third kappa shape index (κ3) is 3.32. The Hall–Kier alpha value is -1.43. The smallest absolute Gasteiger partial charge is 0.411 e. The van der Waals surface area contributed by atoms with Crippen LogP contribution < -0.4 is 0 Å². The minimum Gasteiger partial charge on any atom is -0.444 e. The molecule has 5 nitrogen and oxygen atoms in total. The fourth-order valence-corrected chi connectivity index (χ4v) is 2.56. The maximum Gasteiger partial charge on any atom is 0.411 e. The van der Waals surface area contributed by atoms with Gasteiger partial charge in [-0.05, 0) is 34.6 Å². The number of hydrogen-bond donors (Lipinski definition) is 0. The predicted molar refractivity (Wildman–Crippen MR) is 74.3 cm³/mol. The molecule has 1 aromatic heterocycles. The van der Waals surface area contributed by atoms with Gasteiger partial charge in [-0.25, -0.2) is 9.78 Å². The molecule has 0 radical (unpaired) electrons. The van der Waals surface area contributed by atoms with Gasteiger partial charge >= 0.3 is 6.09 Å². The van der Waals surface area contributed by atoms with Gasteiger partial charge in [0.15, 0.2) is 6.29 Å². The van der Waals surface area contributed by atoms with Crippen LogP contribution in [-0.2, 0) is 15.1 Å². The lowest BCUT2D eigenvalue weighted by Gasteiger charge is -2.34. The summed E-state index contributed by atoms with van der Waals surface area (Å²) in [7, 11) is 1.56. The normalized spacial score (nSPS) is 14.6. The van der Waals surface area contributed by atoms with E-state index in [0.717, 1.165) is 16.9 Å². The van der Waals surface area contributed by atoms with E-state index in [2.05, 4.69) is 4.98 Å². The lowest BCUT2D eigenvalue weighted by Crippen LogP contribution is -2.48. The topological polar surface area (TPSA) is 59.5 Å². The van der Waals surface area contributed by atoms with Crippen molar-refractivity contribution in [3.8, 4) is 0 Å². The number of carbonyl (C=O) groups is 2. The summed E-state index contributed by atoms with van der Waals surface area (Å²) in [5.41, 5.74) is 0.746. The molecule has 0 aliphatic heterocycles. The first-order valence-corrected chi connectivity index (χ1v) is 6.83. The number of thiazole rings is 1. The van der Waals surface area contributed by atoms with Gasteiger partial charge in [-0.15, -0.1) is 11.3 Å². The van der Waals surface area contributed by atoms with Gasteiger partial charge in [-0.2, -0.15) is 0 Å². The highest BCUT2D eigenvalue weighted by atomic mass is 32.1. The van der Waals surface area contributed by atoms with Crippen molar-refractivity contribution in [2.45, 2.75) is 45.8 Å². The van der Waals surface area contributed by atoms with Gasteiger partial charge in [0.1, 0.15) is 11.1 Å². The summed E-state index contributed by atoms with van der Waals surface area (Å²) >= 11 is 1.35. The molecule has 1 heterocycles. The highest BCUT2D eigenvalue weighted by Crippen LogP contribution is 2.31. The summed E-state index contributed by atoms with van der Waals surface area (Å²) in [4.78, 5) is 29.8. The summed E-state index contributed by atoms with van der Waals surface area (Å²) in [6, 6.07) is 0. The molecule has 1 aromatic rings. The van der Waals surface area contributed by atoms with Gasteiger partial charge in [0.25, 0.3) is 0 Å². The lowest BCUT2D eigenvalue weighted by molar-refractivity contribution is -0.117. The van der Waals surface area contributed by atoms with Crippen molar-refractivity contribution in [1.82, 2.24) is 9.88 Å². The van der Waals surface area contributed by atoms with Crippen molar-refractivity contribution in [2.75, 3.05) is 7.05 Å². The molecular formula is C13H20N2O3S. The summed E-state index contributed by atoms with van der Waals surface area (Å²) in [6.07, 6.45) is 0.215. The maximum absolute atomic E-state index is 12.1. The Bertz CT molecular complexity index is 478. The van der Waals surface area contributed by atoms with E-state index in [4.69, 9.17) is 4.74 Å². The average Bonchev–Trinajstić information content (AvgIpc) is 2.71. The number of rotatable bonds is 3. The number of carbonyl (C=O) groups excluding carboxylic acids is 2. The molecule has 0 saturated carbocycles. The fourth-order valence-electron chi connectivity index (χ4n) is 1.59. The van der Waals surface area contributed by atoms with E-state index in [9.17, 15) is 9.59 Å². The van der Waals surface area contributed by atoms with Gasteiger partial charge in [0.2, 0.25) is 0 Å². The molecule has 0 N–H and O–H groups in total. The molecule has 0 aliphatic carbocycles. The molecule has 1 amide bonds. The number of likely N-dealkylation sites (N-methyl/N-ethyl adjacent to an activating group) is 1. The van der Waals surface area contributed by atoms with Gasteiger partial charge in [-0.1, -0.05) is 0 Å². The standard InChI is InChI=1S/C13H20N2O3S/c1-9-10(19-8-14-9)13(5,7-16)15(6)11(17)18-12(2,3)4/h7-8H,1-6H3. The van der Waals surface area contributed by atoms with Crippen LogP contribution in [0.25, 0.3) is 0 Å². The number of aldehydes is 1. The van der Waals surface area contributed by atoms with Crippen molar-refractivity contribution < 1.29 is 14.3 Å². The van der Waals surface area contributed by atoms with Crippen LogP contribution in [-0.4, -0.2) is 34.9 Å². The van der Waals surface area contributed by atoms with Crippen LogP contribution in [0.15, 0.2) is 5.51 Å². The summed E-state index contributed by atoms with van der Waals surface area (Å²) < 4.78 is 5.30. The van der Waals surface area contributed by atoms with Crippen molar-refractivity contribution in [2.24, 2.45) is 0 Å². The van der Waals surface area contributed by atoms with Crippen LogP contribution in [0.4, 0.5) is 4.79 Å². The fraction of sp³-hybridized carbons (Fsp3) is 0.615. The van der Waals surface area contributed by atoms with Gasteiger partial charge in [-0.3, -0.25) is 4.90 Å². The van der Waals surface area contributed by atoms with E-state index in [-0.39, 0.29) is 0 Å². The number of ether oxygens (including phenoxy) is 1. The molecule has 19 heavy (non-hydrogen) atoms. The minimum atomic E-state index is -1.06. The van der Waals surface area contributed by atoms with Crippen molar-refractivity contribution in [3.63, 3.8) is 0 Å². The zero-order valence-electron chi connectivity index (χ0n) is 12.2. The highest BCUT2D eigenvalue weighted by Gasteiger charge is 2.39. The van der Waals surface area contributed by atoms with E-state index in [1.807, 2.05) is 6.92 Å². The Morgan fingerprint density at radius 1 is 1.42 bits per heavy atom. The van der Waals surface area contributed by atoms with Gasteiger partial charge < -0.3 is 9.53 Å². The quantitative estimate of drug-likeness (QED) is 0.801. The number of aromatic nitrogens is 1. The summed E-state index contributed by atoms with van der Waals surface area (Å²) in [5, 5.41) is 0. The van der Waals surface area contributed by atoms with E-state index >= 15 is 0 Å². The molecule has 0 spiro atoms. The second-order valence-electron chi connectivity index (χ2n) is 5.57. The van der Waals surface area contributed by atoms with E-state index in [1.54, 1.807) is 40.3 Å². The highest BCUT2D eigenvalue weighted by molar-refractivity contribution is 7.10. The minimum absolute atomic E-state index is 0.533.